The quantitative estimate of drug-likeness (QED) is 0.0252. The van der Waals surface area contributed by atoms with Crippen LogP contribution in [0.1, 0.15) is 166 Å². The van der Waals surface area contributed by atoms with E-state index < -0.39 is 292 Å². The summed E-state index contributed by atoms with van der Waals surface area (Å²) < 4.78 is 0. The average molecular weight is 1690 g/mol. The molecule has 0 aromatic rings. The number of carbonyl (C=O) groups excluding carboxylic acids is 16. The molecular weight excluding hydrogens is 1560 g/mol. The van der Waals surface area contributed by atoms with Gasteiger partial charge in [0, 0.05) is 12.8 Å². The minimum atomic E-state index is -1.91. The van der Waals surface area contributed by atoms with Crippen LogP contribution in [-0.2, 0) is 95.9 Å². The van der Waals surface area contributed by atoms with Gasteiger partial charge in [-0.25, -0.2) is 4.79 Å². The van der Waals surface area contributed by atoms with Crippen molar-refractivity contribution in [1.82, 2.24) is 85.1 Å². The van der Waals surface area contributed by atoms with Crippen LogP contribution in [-0.4, -0.2) is 291 Å². The van der Waals surface area contributed by atoms with Crippen molar-refractivity contribution in [3.05, 3.63) is 0 Å². The normalized spacial score (nSPS) is 14.8. The fourth-order valence-corrected chi connectivity index (χ4v) is 11.0. The molecule has 29 N–H and O–H groups in total. The number of nitrogens with two attached hydrogens (primary N) is 3. The fraction of sp³-hybridized carbons (Fsp3) is 0.722. The Balaban J connectivity index is 6.27. The molecule has 0 aliphatic rings. The topological polar surface area (TPSA) is 754 Å². The van der Waals surface area contributed by atoms with Gasteiger partial charge in [-0.1, -0.05) is 75.7 Å². The molecule has 46 heteroatoms. The van der Waals surface area contributed by atoms with Crippen LogP contribution in [0.3, 0.4) is 0 Å². The van der Waals surface area contributed by atoms with E-state index in [1.165, 1.54) is 27.7 Å². The zero-order valence-electron chi connectivity index (χ0n) is 68.6. The minimum Gasteiger partial charge on any atom is -0.481 e. The maximum absolute atomic E-state index is 14.2. The smallest absolute Gasteiger partial charge is 0.326 e. The Kier molecular flexibility index (Phi) is 51.3. The maximum Gasteiger partial charge on any atom is 0.326 e. The van der Waals surface area contributed by atoms with Gasteiger partial charge in [0.05, 0.1) is 58.0 Å². The summed E-state index contributed by atoms with van der Waals surface area (Å²) in [6.45, 7) is 12.3. The Hall–Kier alpha value is -10.8. The van der Waals surface area contributed by atoms with Gasteiger partial charge < -0.3 is 138 Å². The van der Waals surface area contributed by atoms with E-state index in [1.807, 2.05) is 5.32 Å². The Labute approximate surface area is 682 Å². The number of rotatable bonds is 60. The van der Waals surface area contributed by atoms with E-state index in [0.717, 1.165) is 6.92 Å². The summed E-state index contributed by atoms with van der Waals surface area (Å²) in [6.07, 6.45) is -3.46. The van der Waals surface area contributed by atoms with Crippen LogP contribution < -0.4 is 102 Å². The molecule has 0 radical (unpaired) electrons. The molecule has 0 saturated heterocycles. The molecule has 0 saturated carbocycles. The molecule has 0 aromatic heterocycles. The number of aliphatic carboxylic acids is 4. The van der Waals surface area contributed by atoms with Crippen molar-refractivity contribution in [2.24, 2.45) is 46.8 Å². The molecule has 0 bridgehead atoms. The first-order valence-electron chi connectivity index (χ1n) is 38.8. The molecular formula is C72H125N19O27. The molecule has 0 unspecified atom stereocenters. The van der Waals surface area contributed by atoms with E-state index in [0.29, 0.717) is 32.2 Å². The van der Waals surface area contributed by atoms with Crippen molar-refractivity contribution in [2.45, 2.75) is 251 Å². The van der Waals surface area contributed by atoms with Crippen LogP contribution in [0.4, 0.5) is 0 Å². The van der Waals surface area contributed by atoms with Gasteiger partial charge in [-0.2, -0.15) is 0 Å². The second-order valence-corrected chi connectivity index (χ2v) is 30.1. The number of amides is 16. The maximum atomic E-state index is 14.2. The van der Waals surface area contributed by atoms with E-state index in [4.69, 9.17) is 27.4 Å². The van der Waals surface area contributed by atoms with Crippen molar-refractivity contribution in [1.29, 1.82) is 0 Å². The molecule has 670 valence electrons. The zero-order valence-corrected chi connectivity index (χ0v) is 68.6. The number of aliphatic hydroxyl groups excluding tert-OH is 3. The summed E-state index contributed by atoms with van der Waals surface area (Å²) in [5, 5.41) is 106. The number of carboxylic acids is 4. The van der Waals surface area contributed by atoms with E-state index >= 15 is 0 Å². The Morgan fingerprint density at radius 3 is 1.00 bits per heavy atom. The van der Waals surface area contributed by atoms with E-state index in [1.54, 1.807) is 41.5 Å². The number of hydrogen-bond donors (Lipinski definition) is 26. The summed E-state index contributed by atoms with van der Waals surface area (Å²) in [6, 6.07) is -20.4. The third kappa shape index (κ3) is 43.9. The molecule has 0 heterocycles. The van der Waals surface area contributed by atoms with Crippen molar-refractivity contribution < 1.29 is 132 Å². The van der Waals surface area contributed by atoms with E-state index in [2.05, 4.69) is 79.8 Å². The summed E-state index contributed by atoms with van der Waals surface area (Å²) >= 11 is 0. The van der Waals surface area contributed by atoms with Crippen LogP contribution in [0, 0.1) is 29.6 Å². The van der Waals surface area contributed by atoms with Gasteiger partial charge in [0.25, 0.3) is 0 Å². The van der Waals surface area contributed by atoms with Gasteiger partial charge in [0.2, 0.25) is 94.5 Å². The summed E-state index contributed by atoms with van der Waals surface area (Å²) in [4.78, 5) is 262. The third-order valence-electron chi connectivity index (χ3n) is 17.4. The van der Waals surface area contributed by atoms with Crippen LogP contribution >= 0.6 is 0 Å². The van der Waals surface area contributed by atoms with Crippen molar-refractivity contribution in [3.63, 3.8) is 0 Å². The lowest BCUT2D eigenvalue weighted by Gasteiger charge is -2.30. The third-order valence-corrected chi connectivity index (χ3v) is 17.4. The van der Waals surface area contributed by atoms with E-state index in [9.17, 15) is 121 Å². The minimum absolute atomic E-state index is 0.00750. The first-order chi connectivity index (χ1) is 55.1. The van der Waals surface area contributed by atoms with Crippen molar-refractivity contribution >= 4 is 118 Å². The summed E-state index contributed by atoms with van der Waals surface area (Å²) in [5.74, 6) is -25.1. The number of nitrogens with one attached hydrogen (secondary N) is 16. The second kappa shape index (κ2) is 56.5. The van der Waals surface area contributed by atoms with Gasteiger partial charge in [0.1, 0.15) is 72.5 Å². The predicted octanol–water partition coefficient (Wildman–Crippen LogP) is -9.04. The average Bonchev–Trinajstić information content (AvgIpc) is 0.838. The zero-order chi connectivity index (χ0) is 90.4. The van der Waals surface area contributed by atoms with Gasteiger partial charge in [-0.3, -0.25) is 91.1 Å². The lowest BCUT2D eigenvalue weighted by Crippen LogP contribution is -2.63. The van der Waals surface area contributed by atoms with E-state index in [-0.39, 0.29) is 50.5 Å². The highest BCUT2D eigenvalue weighted by Gasteiger charge is 2.39. The Bertz CT molecular complexity index is 3400. The van der Waals surface area contributed by atoms with Crippen molar-refractivity contribution in [2.75, 3.05) is 52.5 Å². The Morgan fingerprint density at radius 1 is 0.297 bits per heavy atom. The first kappa shape index (κ1) is 107. The predicted molar refractivity (Wildman–Crippen MR) is 417 cm³/mol. The Morgan fingerprint density at radius 2 is 0.602 bits per heavy atom. The highest BCUT2D eigenvalue weighted by atomic mass is 16.4. The van der Waals surface area contributed by atoms with Gasteiger partial charge in [-0.05, 0) is 114 Å². The standard InChI is InChI=1S/C72H125N19O27/c1-34(2)24-44(84-63(108)41(17-13-15-23-74)82-67(112)48(32-92)87-60(105)40(75)16-12-14-22-73)62(107)79-31-53(98)81-47(27-56(103)104)65(110)86-46(26-36(5)6)66(111)89-58(38(9)10)70(115)91-59(39(11)94)71(116)90-57(37(7)8)69(114)88-49(33-93)68(113)85-45(25-35(3)4)61(106)78-29-51(96)76-28-50(95)77-30-52(97)80-42(18-20-54(99)100)64(109)83-43(72(117)118)19-21-55(101)102/h34-49,57-59,92-94H,12-33,73-75H2,1-11H3,(H,76,96)(H,77,95)(H,78,106)(H,79,107)(H,80,97)(H,81,98)(H,82,112)(H,83,109)(H,84,108)(H,85,113)(H,86,110)(H,87,105)(H,88,114)(H,89,111)(H,90,116)(H,91,115)(H,99,100)(H,101,102)(H,103,104)(H,117,118)/t39-,40+,41+,42+,43+,44+,45+,46+,47+,48+,49+,57+,58+,59+/m1/s1. The van der Waals surface area contributed by atoms with Gasteiger partial charge >= 0.3 is 23.9 Å². The molecule has 0 aromatic carbocycles. The number of hydrogen-bond acceptors (Lipinski definition) is 26. The van der Waals surface area contributed by atoms with Crippen LogP contribution in [0.15, 0.2) is 0 Å². The molecule has 0 aliphatic carbocycles. The first-order valence-corrected chi connectivity index (χ1v) is 38.8. The molecule has 16 amide bonds. The molecule has 118 heavy (non-hydrogen) atoms. The van der Waals surface area contributed by atoms with Crippen LogP contribution in [0.5, 0.6) is 0 Å². The molecule has 0 fully saturated rings. The summed E-state index contributed by atoms with van der Waals surface area (Å²) in [7, 11) is 0. The number of aliphatic hydroxyl groups is 3. The molecule has 14 atom stereocenters. The highest BCUT2D eigenvalue weighted by molar-refractivity contribution is 6.01. The molecule has 46 nitrogen and oxygen atoms in total. The van der Waals surface area contributed by atoms with Crippen LogP contribution in [0.2, 0.25) is 0 Å². The summed E-state index contributed by atoms with van der Waals surface area (Å²) in [5.41, 5.74) is 17.1. The van der Waals surface area contributed by atoms with Crippen molar-refractivity contribution in [3.8, 4) is 0 Å². The molecule has 0 aliphatic heterocycles. The SMILES string of the molecule is CC(C)C[C@H](NC(=O)[C@H](CCCCN)NC(=O)[C@H](CO)NC(=O)[C@@H](N)CCCCN)C(=O)NCC(=O)N[C@@H](CC(=O)O)C(=O)N[C@@H](CC(C)C)C(=O)N[C@H](C(=O)N[C@H](C(=O)N[C@H](C(=O)N[C@@H](CO)C(=O)N[C@@H](CC(C)C)C(=O)NCC(=O)NCC(=O)NCC(=O)N[C@@H](CCC(=O)O)C(=O)N[C@@H](CCC(=O)O)C(=O)O)C(C)C)[C@@H](C)O)C(C)C. The number of unbranched alkanes of at least 4 members (excludes halogenated alkanes) is 2. The highest BCUT2D eigenvalue weighted by Crippen LogP contribution is 2.14. The van der Waals surface area contributed by atoms with Gasteiger partial charge in [-0.15, -0.1) is 0 Å². The monoisotopic (exact) mass is 1690 g/mol. The van der Waals surface area contributed by atoms with Crippen LogP contribution in [0.25, 0.3) is 0 Å². The number of carboxylic acid groups (broad SMARTS) is 4. The molecule has 0 rings (SSSR count). The number of carbonyl (C=O) groups is 20. The largest absolute Gasteiger partial charge is 0.481 e. The lowest BCUT2D eigenvalue weighted by molar-refractivity contribution is -0.144. The lowest BCUT2D eigenvalue weighted by atomic mass is 9.98. The fourth-order valence-electron chi connectivity index (χ4n) is 11.0. The molecule has 0 spiro atoms. The second-order valence-electron chi connectivity index (χ2n) is 30.1. The van der Waals surface area contributed by atoms with Gasteiger partial charge in [0.15, 0.2) is 0 Å².